The Kier molecular flexibility index (Phi) is 6.72. The van der Waals surface area contributed by atoms with Crippen molar-refractivity contribution in [2.24, 2.45) is 0 Å². The van der Waals surface area contributed by atoms with E-state index in [4.69, 9.17) is 27.9 Å². The van der Waals surface area contributed by atoms with Gasteiger partial charge in [0.2, 0.25) is 0 Å². The molecule has 0 aromatic heterocycles. The lowest BCUT2D eigenvalue weighted by Crippen LogP contribution is -2.30. The molecule has 1 heterocycles. The predicted molar refractivity (Wildman–Crippen MR) is 126 cm³/mol. The number of aliphatic hydroxyl groups excluding tert-OH is 1. The Morgan fingerprint density at radius 3 is 2.22 bits per heavy atom. The van der Waals surface area contributed by atoms with Gasteiger partial charge in [0.15, 0.2) is 5.75 Å². The van der Waals surface area contributed by atoms with E-state index in [1.54, 1.807) is 0 Å². The number of aliphatic hydroxyl groups is 1. The SMILES string of the molecule is COc1c(Cl)cc(/C(O)=C2\C(=O)C(=O)N(c3cccc(C(F)(F)F)c3)C2c2ccccc2F)cc1Cl. The number of methoxy groups -OCH3 is 1. The van der Waals surface area contributed by atoms with Crippen LogP contribution >= 0.6 is 23.2 Å². The molecule has 1 aliphatic rings. The first-order valence-corrected chi connectivity index (χ1v) is 11.0. The van der Waals surface area contributed by atoms with Crippen molar-refractivity contribution < 1.29 is 37.0 Å². The molecular weight excluding hydrogens is 525 g/mol. The molecule has 0 spiro atoms. The Morgan fingerprint density at radius 2 is 1.64 bits per heavy atom. The van der Waals surface area contributed by atoms with Gasteiger partial charge in [-0.05, 0) is 36.4 Å². The van der Waals surface area contributed by atoms with E-state index in [2.05, 4.69) is 0 Å². The fraction of sp³-hybridized carbons (Fsp3) is 0.120. The quantitative estimate of drug-likeness (QED) is 0.171. The van der Waals surface area contributed by atoms with E-state index < -0.39 is 46.6 Å². The minimum Gasteiger partial charge on any atom is -0.507 e. The number of rotatable bonds is 4. The third kappa shape index (κ3) is 4.40. The van der Waals surface area contributed by atoms with Gasteiger partial charge >= 0.3 is 6.18 Å². The first kappa shape index (κ1) is 25.5. The van der Waals surface area contributed by atoms with E-state index in [0.717, 1.165) is 18.2 Å². The number of hydrogen-bond donors (Lipinski definition) is 1. The lowest BCUT2D eigenvalue weighted by Gasteiger charge is -2.26. The number of ether oxygens (including phenoxy) is 1. The van der Waals surface area contributed by atoms with Crippen LogP contribution in [0.25, 0.3) is 5.76 Å². The molecule has 0 aliphatic carbocycles. The van der Waals surface area contributed by atoms with Crippen molar-refractivity contribution >= 4 is 46.3 Å². The van der Waals surface area contributed by atoms with E-state index in [1.165, 1.54) is 43.5 Å². The zero-order valence-electron chi connectivity index (χ0n) is 18.2. The summed E-state index contributed by atoms with van der Waals surface area (Å²) in [4.78, 5) is 26.9. The van der Waals surface area contributed by atoms with Gasteiger partial charge in [-0.2, -0.15) is 13.2 Å². The predicted octanol–water partition coefficient (Wildman–Crippen LogP) is 6.79. The zero-order chi connectivity index (χ0) is 26.4. The molecule has 1 amide bonds. The Balaban J connectivity index is 1.99. The number of nitrogens with zero attached hydrogens (tertiary/aromatic N) is 1. The number of anilines is 1. The van der Waals surface area contributed by atoms with Gasteiger partial charge in [-0.3, -0.25) is 14.5 Å². The van der Waals surface area contributed by atoms with Crippen molar-refractivity contribution in [2.75, 3.05) is 12.0 Å². The lowest BCUT2D eigenvalue weighted by molar-refractivity contribution is -0.137. The molecule has 5 nitrogen and oxygen atoms in total. The highest BCUT2D eigenvalue weighted by Gasteiger charge is 2.48. The standard InChI is InChI=1S/C25H15Cl2F4NO4/c1-36-23-16(26)9-12(10-17(23)27)21(33)19-20(15-7-2-3-8-18(15)28)32(24(35)22(19)34)14-6-4-5-13(11-14)25(29,30)31/h2-11,20,33H,1H3/b21-19+. The van der Waals surface area contributed by atoms with Crippen molar-refractivity contribution in [2.45, 2.75) is 12.2 Å². The van der Waals surface area contributed by atoms with Crippen LogP contribution in [0.15, 0.2) is 66.2 Å². The van der Waals surface area contributed by atoms with Crippen LogP contribution in [0.2, 0.25) is 10.0 Å². The minimum absolute atomic E-state index is 0.0268. The van der Waals surface area contributed by atoms with Crippen LogP contribution in [-0.4, -0.2) is 23.9 Å². The fourth-order valence-electron chi connectivity index (χ4n) is 3.97. The molecule has 186 valence electrons. The number of alkyl halides is 3. The Labute approximate surface area is 212 Å². The summed E-state index contributed by atoms with van der Waals surface area (Å²) in [7, 11) is 1.31. The highest BCUT2D eigenvalue weighted by atomic mass is 35.5. The van der Waals surface area contributed by atoms with Crippen LogP contribution in [0, 0.1) is 5.82 Å². The maximum absolute atomic E-state index is 14.9. The van der Waals surface area contributed by atoms with Crippen LogP contribution < -0.4 is 9.64 Å². The molecule has 1 aliphatic heterocycles. The van der Waals surface area contributed by atoms with Crippen LogP contribution in [0.4, 0.5) is 23.2 Å². The van der Waals surface area contributed by atoms with Crippen LogP contribution in [-0.2, 0) is 15.8 Å². The summed E-state index contributed by atoms with van der Waals surface area (Å²) in [6, 6.07) is 9.64. The number of amides is 1. The van der Waals surface area contributed by atoms with E-state index >= 15 is 0 Å². The summed E-state index contributed by atoms with van der Waals surface area (Å²) >= 11 is 12.3. The number of benzene rings is 3. The maximum Gasteiger partial charge on any atom is 0.416 e. The Hall–Kier alpha value is -3.56. The topological polar surface area (TPSA) is 66.8 Å². The number of halogens is 6. The largest absolute Gasteiger partial charge is 0.507 e. The minimum atomic E-state index is -4.74. The fourth-order valence-corrected chi connectivity index (χ4v) is 4.61. The molecule has 4 rings (SSSR count). The molecule has 0 saturated carbocycles. The van der Waals surface area contributed by atoms with Gasteiger partial charge in [-0.25, -0.2) is 4.39 Å². The zero-order valence-corrected chi connectivity index (χ0v) is 19.7. The van der Waals surface area contributed by atoms with Crippen molar-refractivity contribution in [1.29, 1.82) is 0 Å². The van der Waals surface area contributed by atoms with Gasteiger partial charge in [0.25, 0.3) is 11.7 Å². The highest BCUT2D eigenvalue weighted by Crippen LogP contribution is 2.45. The first-order chi connectivity index (χ1) is 17.0. The maximum atomic E-state index is 14.9. The third-order valence-corrected chi connectivity index (χ3v) is 6.13. The second kappa shape index (κ2) is 9.48. The van der Waals surface area contributed by atoms with E-state index in [0.29, 0.717) is 11.0 Å². The van der Waals surface area contributed by atoms with E-state index in [-0.39, 0.29) is 32.6 Å². The van der Waals surface area contributed by atoms with Crippen LogP contribution in [0.5, 0.6) is 5.75 Å². The molecule has 0 bridgehead atoms. The summed E-state index contributed by atoms with van der Waals surface area (Å²) in [5.41, 5.74) is -2.26. The normalized spacial score (nSPS) is 17.5. The molecule has 1 unspecified atom stereocenters. The number of carbonyl (C=O) groups excluding carboxylic acids is 2. The number of hydrogen-bond acceptors (Lipinski definition) is 4. The first-order valence-electron chi connectivity index (χ1n) is 10.2. The summed E-state index contributed by atoms with van der Waals surface area (Å²) in [5.74, 6) is -4.00. The second-order valence-electron chi connectivity index (χ2n) is 7.71. The molecule has 3 aromatic carbocycles. The number of carbonyl (C=O) groups is 2. The molecule has 1 N–H and O–H groups in total. The van der Waals surface area contributed by atoms with Crippen LogP contribution in [0.3, 0.4) is 0 Å². The molecule has 3 aromatic rings. The van der Waals surface area contributed by atoms with Gasteiger partial charge in [0.05, 0.1) is 34.3 Å². The van der Waals surface area contributed by atoms with Crippen molar-refractivity contribution in [3.63, 3.8) is 0 Å². The van der Waals surface area contributed by atoms with Crippen molar-refractivity contribution in [3.05, 3.63) is 98.8 Å². The van der Waals surface area contributed by atoms with Crippen LogP contribution in [0.1, 0.15) is 22.7 Å². The second-order valence-corrected chi connectivity index (χ2v) is 8.53. The number of Topliss-reactive ketones (excluding diaryl/α,β-unsaturated/α-hetero) is 1. The van der Waals surface area contributed by atoms with E-state index in [1.807, 2.05) is 0 Å². The summed E-state index contributed by atoms with van der Waals surface area (Å²) in [6.45, 7) is 0. The molecule has 11 heteroatoms. The molecule has 0 radical (unpaired) electrons. The highest BCUT2D eigenvalue weighted by molar-refractivity contribution is 6.51. The lowest BCUT2D eigenvalue weighted by atomic mass is 9.94. The molecular formula is C25H15Cl2F4NO4. The average Bonchev–Trinajstić information content (AvgIpc) is 3.08. The van der Waals surface area contributed by atoms with Gasteiger partial charge in [-0.1, -0.05) is 47.5 Å². The van der Waals surface area contributed by atoms with Gasteiger partial charge in [0, 0.05) is 16.8 Å². The van der Waals surface area contributed by atoms with Gasteiger partial charge in [0.1, 0.15) is 11.6 Å². The average molecular weight is 540 g/mol. The molecule has 1 fully saturated rings. The monoisotopic (exact) mass is 539 g/mol. The summed E-state index contributed by atoms with van der Waals surface area (Å²) in [6.07, 6.45) is -4.74. The number of ketones is 1. The molecule has 1 atom stereocenters. The smallest absolute Gasteiger partial charge is 0.416 e. The summed E-state index contributed by atoms with van der Waals surface area (Å²) < 4.78 is 60.1. The molecule has 1 saturated heterocycles. The van der Waals surface area contributed by atoms with Crippen molar-refractivity contribution in [3.8, 4) is 5.75 Å². The van der Waals surface area contributed by atoms with Gasteiger partial charge in [-0.15, -0.1) is 0 Å². The van der Waals surface area contributed by atoms with Crippen molar-refractivity contribution in [1.82, 2.24) is 0 Å². The van der Waals surface area contributed by atoms with Gasteiger partial charge < -0.3 is 9.84 Å². The molecule has 36 heavy (non-hydrogen) atoms. The Bertz CT molecular complexity index is 1400. The third-order valence-electron chi connectivity index (χ3n) is 5.57. The Morgan fingerprint density at radius 1 is 1.00 bits per heavy atom. The van der Waals surface area contributed by atoms with E-state index in [9.17, 15) is 32.3 Å². The summed E-state index contributed by atoms with van der Waals surface area (Å²) in [5, 5.41) is 11.1.